The number of aryl methyl sites for hydroxylation is 2. The van der Waals surface area contributed by atoms with Crippen LogP contribution < -0.4 is 16.0 Å². The van der Waals surface area contributed by atoms with Gasteiger partial charge in [-0.3, -0.25) is 30.2 Å². The Morgan fingerprint density at radius 2 is 1.10 bits per heavy atom. The summed E-state index contributed by atoms with van der Waals surface area (Å²) in [6, 6.07) is 13.5. The Morgan fingerprint density at radius 1 is 0.667 bits per heavy atom. The maximum absolute atomic E-state index is 11.1. The molecule has 0 atom stereocenters. The summed E-state index contributed by atoms with van der Waals surface area (Å²) in [4.78, 5) is 30.2. The summed E-state index contributed by atoms with van der Waals surface area (Å²) in [5, 5.41) is 34.2. The van der Waals surface area contributed by atoms with Crippen LogP contribution >= 0.6 is 12.4 Å². The van der Waals surface area contributed by atoms with E-state index in [0.717, 1.165) is 79.0 Å². The second-order valence-electron chi connectivity index (χ2n) is 9.20. The minimum Gasteiger partial charge on any atom is -0.384 e. The van der Waals surface area contributed by atoms with Crippen molar-refractivity contribution in [1.29, 1.82) is 0 Å². The summed E-state index contributed by atoms with van der Waals surface area (Å²) in [7, 11) is 0. The molecule has 0 amide bonds. The molecular weight excluding hydrogens is 522 g/mol. The van der Waals surface area contributed by atoms with Gasteiger partial charge in [0.1, 0.15) is 0 Å². The van der Waals surface area contributed by atoms with Crippen LogP contribution in [0.5, 0.6) is 0 Å². The third kappa shape index (κ3) is 7.71. The van der Waals surface area contributed by atoms with Gasteiger partial charge in [0.15, 0.2) is 0 Å². The van der Waals surface area contributed by atoms with E-state index in [0.29, 0.717) is 11.0 Å². The molecule has 2 aromatic carbocycles. The number of nitro groups is 2. The fourth-order valence-electron chi connectivity index (χ4n) is 4.38. The number of non-ortho nitro benzene ring substituents is 2. The minimum absolute atomic E-state index is 0. The lowest BCUT2D eigenvalue weighted by atomic mass is 10.1. The second-order valence-corrected chi connectivity index (χ2v) is 9.20. The molecule has 206 valence electrons. The van der Waals surface area contributed by atoms with Crippen molar-refractivity contribution in [3.8, 4) is 0 Å². The number of hydrogen-bond donors (Lipinski definition) is 3. The van der Waals surface area contributed by atoms with Crippen LogP contribution in [0.2, 0.25) is 0 Å². The molecule has 11 nitrogen and oxygen atoms in total. The lowest BCUT2D eigenvalue weighted by Crippen LogP contribution is -2.20. The molecule has 0 spiro atoms. The van der Waals surface area contributed by atoms with Crippen molar-refractivity contribution in [2.24, 2.45) is 0 Å². The van der Waals surface area contributed by atoms with Gasteiger partial charge in [-0.05, 0) is 70.5 Å². The number of halogens is 1. The third-order valence-corrected chi connectivity index (χ3v) is 6.21. The predicted octanol–water partition coefficient (Wildman–Crippen LogP) is 5.92. The number of hydrogen-bond acceptors (Lipinski definition) is 9. The molecule has 12 heteroatoms. The van der Waals surface area contributed by atoms with Gasteiger partial charge in [-0.25, -0.2) is 0 Å². The summed E-state index contributed by atoms with van der Waals surface area (Å²) < 4.78 is 0. The molecule has 0 saturated carbocycles. The highest BCUT2D eigenvalue weighted by atomic mass is 35.5. The smallest absolute Gasteiger partial charge is 0.271 e. The number of unbranched alkanes of at least 4 members (excludes halogenated alkanes) is 1. The van der Waals surface area contributed by atoms with Crippen LogP contribution in [0.25, 0.3) is 21.8 Å². The summed E-state index contributed by atoms with van der Waals surface area (Å²) in [6.07, 6.45) is 2.93. The number of nitrogens with one attached hydrogen (secondary N) is 3. The van der Waals surface area contributed by atoms with Crippen molar-refractivity contribution in [3.63, 3.8) is 0 Å². The third-order valence-electron chi connectivity index (χ3n) is 6.21. The van der Waals surface area contributed by atoms with Crippen molar-refractivity contribution in [2.45, 2.75) is 33.1 Å². The van der Waals surface area contributed by atoms with Gasteiger partial charge >= 0.3 is 0 Å². The Labute approximate surface area is 232 Å². The van der Waals surface area contributed by atoms with Crippen molar-refractivity contribution in [2.75, 3.05) is 36.8 Å². The van der Waals surface area contributed by atoms with Crippen LogP contribution in [0.4, 0.5) is 22.7 Å². The molecule has 39 heavy (non-hydrogen) atoms. The monoisotopic (exact) mass is 553 g/mol. The Balaban J connectivity index is 0.00000420. The number of anilines is 2. The van der Waals surface area contributed by atoms with E-state index in [4.69, 9.17) is 0 Å². The van der Waals surface area contributed by atoms with E-state index in [2.05, 4.69) is 25.9 Å². The normalized spacial score (nSPS) is 10.8. The van der Waals surface area contributed by atoms with Crippen molar-refractivity contribution >= 4 is 57.0 Å². The largest absolute Gasteiger partial charge is 0.384 e. The minimum atomic E-state index is -0.407. The van der Waals surface area contributed by atoms with E-state index in [1.54, 1.807) is 12.1 Å². The zero-order valence-corrected chi connectivity index (χ0v) is 22.7. The molecule has 0 bridgehead atoms. The van der Waals surface area contributed by atoms with Crippen LogP contribution in [-0.2, 0) is 0 Å². The van der Waals surface area contributed by atoms with Crippen LogP contribution in [0, 0.1) is 34.1 Å². The van der Waals surface area contributed by atoms with Crippen LogP contribution in [-0.4, -0.2) is 46.0 Å². The SMILES string of the molecule is Cc1cc(NCCCCNCCCNc2cc(C)nc3cc([N+](=O)[O-])ccc23)c2ccc([N+](=O)[O-])cc2n1.Cl. The fourth-order valence-corrected chi connectivity index (χ4v) is 4.38. The predicted molar refractivity (Wildman–Crippen MR) is 157 cm³/mol. The molecule has 2 aromatic heterocycles. The number of rotatable bonds is 13. The molecule has 0 aliphatic carbocycles. The lowest BCUT2D eigenvalue weighted by Gasteiger charge is -2.12. The van der Waals surface area contributed by atoms with Gasteiger partial charge in [0.2, 0.25) is 0 Å². The maximum atomic E-state index is 11.1. The first-order valence-corrected chi connectivity index (χ1v) is 12.6. The number of nitrogens with zero attached hydrogens (tertiary/aromatic N) is 4. The van der Waals surface area contributed by atoms with Gasteiger partial charge in [0.05, 0.1) is 20.9 Å². The number of aromatic nitrogens is 2. The van der Waals surface area contributed by atoms with Crippen LogP contribution in [0.1, 0.15) is 30.7 Å². The maximum Gasteiger partial charge on any atom is 0.271 e. The van der Waals surface area contributed by atoms with E-state index in [1.165, 1.54) is 24.3 Å². The Kier molecular flexibility index (Phi) is 10.3. The fraction of sp³-hybridized carbons (Fsp3) is 0.333. The molecule has 0 radical (unpaired) electrons. The van der Waals surface area contributed by atoms with E-state index in [-0.39, 0.29) is 23.8 Å². The van der Waals surface area contributed by atoms with E-state index >= 15 is 0 Å². The second kappa shape index (κ2) is 13.6. The van der Waals surface area contributed by atoms with E-state index < -0.39 is 9.85 Å². The molecule has 4 aromatic rings. The van der Waals surface area contributed by atoms with Crippen molar-refractivity contribution < 1.29 is 9.85 Å². The van der Waals surface area contributed by atoms with Crippen molar-refractivity contribution in [1.82, 2.24) is 15.3 Å². The molecule has 0 aliphatic rings. The van der Waals surface area contributed by atoms with Gasteiger partial charge in [0, 0.05) is 70.9 Å². The topological polar surface area (TPSA) is 148 Å². The average molecular weight is 554 g/mol. The molecule has 4 rings (SSSR count). The molecule has 0 unspecified atom stereocenters. The van der Waals surface area contributed by atoms with Gasteiger partial charge < -0.3 is 16.0 Å². The first-order valence-electron chi connectivity index (χ1n) is 12.6. The Bertz CT molecular complexity index is 1370. The average Bonchev–Trinajstić information content (AvgIpc) is 2.88. The van der Waals surface area contributed by atoms with Gasteiger partial charge in [0.25, 0.3) is 11.4 Å². The summed E-state index contributed by atoms with van der Waals surface area (Å²) >= 11 is 0. The number of benzene rings is 2. The molecule has 0 aliphatic heterocycles. The molecule has 3 N–H and O–H groups in total. The Hall–Kier alpha value is -4.09. The standard InChI is InChI=1S/C27H31N7O4.ClH/c1-18-14-24(22-8-6-20(33(35)36)16-26(22)31-18)29-12-4-3-10-28-11-5-13-30-25-15-19(2)32-27-17-21(34(37)38)7-9-23(25)27;/h6-9,14-17,28H,3-5,10-13H2,1-2H3,(H,29,31)(H,30,32);1H. The highest BCUT2D eigenvalue weighted by Crippen LogP contribution is 2.28. The molecule has 0 saturated heterocycles. The summed E-state index contributed by atoms with van der Waals surface area (Å²) in [5.74, 6) is 0. The summed E-state index contributed by atoms with van der Waals surface area (Å²) in [6.45, 7) is 7.12. The first-order chi connectivity index (χ1) is 18.3. The number of pyridine rings is 2. The lowest BCUT2D eigenvalue weighted by molar-refractivity contribution is -0.384. The van der Waals surface area contributed by atoms with Crippen molar-refractivity contribution in [3.05, 3.63) is 80.1 Å². The number of nitro benzene ring substituents is 2. The van der Waals surface area contributed by atoms with Crippen LogP contribution in [0.3, 0.4) is 0 Å². The molecule has 0 fully saturated rings. The van der Waals surface area contributed by atoms with Gasteiger partial charge in [-0.2, -0.15) is 0 Å². The van der Waals surface area contributed by atoms with E-state index in [1.807, 2.05) is 26.0 Å². The highest BCUT2D eigenvalue weighted by Gasteiger charge is 2.11. The van der Waals surface area contributed by atoms with Gasteiger partial charge in [-0.15, -0.1) is 12.4 Å². The Morgan fingerprint density at radius 3 is 1.59 bits per heavy atom. The highest BCUT2D eigenvalue weighted by molar-refractivity contribution is 5.93. The zero-order valence-electron chi connectivity index (χ0n) is 21.9. The quantitative estimate of drug-likeness (QED) is 0.104. The summed E-state index contributed by atoms with van der Waals surface area (Å²) in [5.41, 5.74) is 4.81. The molecule has 2 heterocycles. The molecular formula is C27H32ClN7O4. The van der Waals surface area contributed by atoms with Crippen LogP contribution in [0.15, 0.2) is 48.5 Å². The zero-order chi connectivity index (χ0) is 27.1. The van der Waals surface area contributed by atoms with Gasteiger partial charge in [-0.1, -0.05) is 0 Å². The first kappa shape index (κ1) is 29.5. The van der Waals surface area contributed by atoms with E-state index in [9.17, 15) is 20.2 Å². The number of fused-ring (bicyclic) bond motifs is 2.